The number of nitro groups is 1. The van der Waals surface area contributed by atoms with E-state index in [1.165, 1.54) is 16.8 Å². The lowest BCUT2D eigenvalue weighted by Crippen LogP contribution is -2.38. The van der Waals surface area contributed by atoms with E-state index in [2.05, 4.69) is 10.4 Å². The Kier molecular flexibility index (Phi) is 6.99. The Bertz CT molecular complexity index is 1020. The third kappa shape index (κ3) is 5.42. The molecule has 30 heavy (non-hydrogen) atoms. The van der Waals surface area contributed by atoms with E-state index >= 15 is 0 Å². The summed E-state index contributed by atoms with van der Waals surface area (Å²) in [5.41, 5.74) is 0.387. The highest BCUT2D eigenvalue weighted by molar-refractivity contribution is 7.89. The van der Waals surface area contributed by atoms with Gasteiger partial charge in [0.2, 0.25) is 15.9 Å². The molecule has 0 saturated heterocycles. The van der Waals surface area contributed by atoms with E-state index in [4.69, 9.17) is 0 Å². The van der Waals surface area contributed by atoms with Gasteiger partial charge in [-0.25, -0.2) is 8.42 Å². The van der Waals surface area contributed by atoms with Crippen molar-refractivity contribution in [3.05, 3.63) is 46.1 Å². The second-order valence-electron chi connectivity index (χ2n) is 7.93. The summed E-state index contributed by atoms with van der Waals surface area (Å²) in [6.07, 6.45) is 0.499. The van der Waals surface area contributed by atoms with Crippen molar-refractivity contribution in [3.63, 3.8) is 0 Å². The summed E-state index contributed by atoms with van der Waals surface area (Å²) in [5.74, 6) is -0.0356. The van der Waals surface area contributed by atoms with Gasteiger partial charge in [-0.15, -0.1) is 0 Å². The van der Waals surface area contributed by atoms with E-state index < -0.39 is 20.9 Å². The Balaban J connectivity index is 2.21. The van der Waals surface area contributed by atoms with Crippen LogP contribution in [0.15, 0.2) is 35.2 Å². The van der Waals surface area contributed by atoms with E-state index in [0.29, 0.717) is 12.2 Å². The highest BCUT2D eigenvalue weighted by Gasteiger charge is 2.27. The number of hydrogen-bond acceptors (Lipinski definition) is 6. The van der Waals surface area contributed by atoms with Crippen molar-refractivity contribution < 1.29 is 18.1 Å². The lowest BCUT2D eigenvalue weighted by molar-refractivity contribution is -0.384. The van der Waals surface area contributed by atoms with Gasteiger partial charge in [-0.1, -0.05) is 27.7 Å². The quantitative estimate of drug-likeness (QED) is 0.499. The SMILES string of the molecule is CCCN(CC(=O)Nc1cc(C(C)(C)C)nn1C)S(=O)(=O)c1ccc([N+](=O)[O-])cc1. The van der Waals surface area contributed by atoms with Gasteiger partial charge in [0, 0.05) is 37.2 Å². The Hall–Kier alpha value is -2.79. The molecular weight excluding hydrogens is 410 g/mol. The number of carbonyl (C=O) groups is 1. The zero-order valence-corrected chi connectivity index (χ0v) is 18.6. The molecule has 2 aromatic rings. The largest absolute Gasteiger partial charge is 0.310 e. The van der Waals surface area contributed by atoms with Crippen LogP contribution in [0.3, 0.4) is 0 Å². The zero-order chi connectivity index (χ0) is 22.7. The van der Waals surface area contributed by atoms with Gasteiger partial charge >= 0.3 is 0 Å². The molecule has 11 heteroatoms. The molecule has 0 fully saturated rings. The van der Waals surface area contributed by atoms with E-state index in [1.54, 1.807) is 20.0 Å². The van der Waals surface area contributed by atoms with Gasteiger partial charge in [-0.05, 0) is 18.6 Å². The molecule has 1 aromatic carbocycles. The number of non-ortho nitro benzene ring substituents is 1. The summed E-state index contributed by atoms with van der Waals surface area (Å²) >= 11 is 0. The van der Waals surface area contributed by atoms with Gasteiger partial charge in [-0.2, -0.15) is 9.40 Å². The average Bonchev–Trinajstić information content (AvgIpc) is 3.02. The van der Waals surface area contributed by atoms with Gasteiger partial charge < -0.3 is 5.32 Å². The van der Waals surface area contributed by atoms with Crippen LogP contribution in [0.4, 0.5) is 11.5 Å². The van der Waals surface area contributed by atoms with Crippen molar-refractivity contribution in [2.24, 2.45) is 7.05 Å². The number of aromatic nitrogens is 2. The van der Waals surface area contributed by atoms with E-state index in [-0.39, 0.29) is 29.1 Å². The fraction of sp³-hybridized carbons (Fsp3) is 0.474. The van der Waals surface area contributed by atoms with Crippen LogP contribution >= 0.6 is 0 Å². The summed E-state index contributed by atoms with van der Waals surface area (Å²) in [4.78, 5) is 22.7. The molecule has 0 aliphatic heterocycles. The molecule has 164 valence electrons. The molecule has 0 aliphatic carbocycles. The van der Waals surface area contributed by atoms with Gasteiger partial charge in [0.1, 0.15) is 5.82 Å². The van der Waals surface area contributed by atoms with Crippen LogP contribution in [-0.2, 0) is 27.3 Å². The second kappa shape index (κ2) is 8.92. The Morgan fingerprint density at radius 2 is 1.87 bits per heavy atom. The predicted octanol–water partition coefficient (Wildman–Crippen LogP) is 2.67. The number of nitrogens with one attached hydrogen (secondary N) is 1. The molecule has 2 rings (SSSR count). The first-order valence-electron chi connectivity index (χ1n) is 9.45. The number of nitro benzene ring substituents is 1. The van der Waals surface area contributed by atoms with Crippen molar-refractivity contribution in [1.29, 1.82) is 0 Å². The standard InChI is InChI=1S/C19H27N5O5S/c1-6-11-23(30(28,29)15-9-7-14(8-10-15)24(26)27)13-18(25)20-17-12-16(19(2,3)4)21-22(17)5/h7-10,12H,6,11,13H2,1-5H3,(H,20,25). The first kappa shape index (κ1) is 23.5. The van der Waals surface area contributed by atoms with Crippen LogP contribution in [0.25, 0.3) is 0 Å². The molecule has 1 aromatic heterocycles. The van der Waals surface area contributed by atoms with Gasteiger partial charge in [-0.3, -0.25) is 19.6 Å². The molecule has 0 spiro atoms. The van der Waals surface area contributed by atoms with E-state index in [0.717, 1.165) is 22.1 Å². The molecule has 1 N–H and O–H groups in total. The van der Waals surface area contributed by atoms with Crippen LogP contribution in [0.2, 0.25) is 0 Å². The minimum atomic E-state index is -3.99. The normalized spacial score (nSPS) is 12.2. The highest BCUT2D eigenvalue weighted by atomic mass is 32.2. The lowest BCUT2D eigenvalue weighted by atomic mass is 9.92. The van der Waals surface area contributed by atoms with Crippen LogP contribution in [-0.4, -0.2) is 46.4 Å². The molecule has 1 amide bonds. The molecule has 1 heterocycles. The van der Waals surface area contributed by atoms with E-state index in [9.17, 15) is 23.3 Å². The maximum absolute atomic E-state index is 13.0. The summed E-state index contributed by atoms with van der Waals surface area (Å²) in [5, 5.41) is 17.9. The number of aryl methyl sites for hydroxylation is 1. The van der Waals surface area contributed by atoms with Gasteiger partial charge in [0.05, 0.1) is 22.1 Å². The molecule has 10 nitrogen and oxygen atoms in total. The molecule has 0 aliphatic rings. The first-order valence-corrected chi connectivity index (χ1v) is 10.9. The fourth-order valence-electron chi connectivity index (χ4n) is 2.72. The van der Waals surface area contributed by atoms with Gasteiger partial charge in [0.15, 0.2) is 0 Å². The first-order chi connectivity index (χ1) is 13.9. The van der Waals surface area contributed by atoms with Crippen molar-refractivity contribution in [3.8, 4) is 0 Å². The maximum Gasteiger partial charge on any atom is 0.269 e. The lowest BCUT2D eigenvalue weighted by Gasteiger charge is -2.21. The third-order valence-corrected chi connectivity index (χ3v) is 6.25. The molecule has 0 unspecified atom stereocenters. The number of benzene rings is 1. The highest BCUT2D eigenvalue weighted by Crippen LogP contribution is 2.24. The number of sulfonamides is 1. The summed E-state index contributed by atoms with van der Waals surface area (Å²) in [6.45, 7) is 7.55. The predicted molar refractivity (Wildman–Crippen MR) is 113 cm³/mol. The molecule has 0 bridgehead atoms. The summed E-state index contributed by atoms with van der Waals surface area (Å²) in [6, 6.07) is 6.35. The minimum absolute atomic E-state index is 0.107. The smallest absolute Gasteiger partial charge is 0.269 e. The summed E-state index contributed by atoms with van der Waals surface area (Å²) in [7, 11) is -2.30. The third-order valence-electron chi connectivity index (χ3n) is 4.39. The van der Waals surface area contributed by atoms with Gasteiger partial charge in [0.25, 0.3) is 5.69 Å². The fourth-order valence-corrected chi connectivity index (χ4v) is 4.20. The Morgan fingerprint density at radius 1 is 1.27 bits per heavy atom. The Labute approximate surface area is 176 Å². The average molecular weight is 438 g/mol. The number of amides is 1. The maximum atomic E-state index is 13.0. The van der Waals surface area contributed by atoms with Crippen molar-refractivity contribution in [1.82, 2.24) is 14.1 Å². The van der Waals surface area contributed by atoms with E-state index in [1.807, 2.05) is 20.8 Å². The minimum Gasteiger partial charge on any atom is -0.310 e. The molecule has 0 saturated carbocycles. The number of hydrogen-bond donors (Lipinski definition) is 1. The number of nitrogens with zero attached hydrogens (tertiary/aromatic N) is 4. The molecular formula is C19H27N5O5S. The van der Waals surface area contributed by atoms with Crippen molar-refractivity contribution in [2.45, 2.75) is 44.4 Å². The Morgan fingerprint density at radius 3 is 2.33 bits per heavy atom. The van der Waals surface area contributed by atoms with Crippen LogP contribution in [0.1, 0.15) is 39.8 Å². The molecule has 0 radical (unpaired) electrons. The summed E-state index contributed by atoms with van der Waals surface area (Å²) < 4.78 is 28.5. The van der Waals surface area contributed by atoms with Crippen molar-refractivity contribution >= 4 is 27.4 Å². The number of rotatable bonds is 8. The van der Waals surface area contributed by atoms with Crippen LogP contribution < -0.4 is 5.32 Å². The number of anilines is 1. The molecule has 0 atom stereocenters. The second-order valence-corrected chi connectivity index (χ2v) is 9.86. The topological polar surface area (TPSA) is 127 Å². The van der Waals surface area contributed by atoms with Crippen LogP contribution in [0, 0.1) is 10.1 Å². The number of carbonyl (C=O) groups excluding carboxylic acids is 1. The zero-order valence-electron chi connectivity index (χ0n) is 17.7. The monoisotopic (exact) mass is 437 g/mol. The van der Waals surface area contributed by atoms with Crippen LogP contribution in [0.5, 0.6) is 0 Å². The van der Waals surface area contributed by atoms with Crippen molar-refractivity contribution in [2.75, 3.05) is 18.4 Å².